The zero-order chi connectivity index (χ0) is 13.9. The van der Waals surface area contributed by atoms with E-state index < -0.39 is 43.4 Å². The van der Waals surface area contributed by atoms with Gasteiger partial charge in [-0.05, 0) is 0 Å². The number of carboxylic acid groups (broad SMARTS) is 1. The maximum atomic E-state index is 11.8. The first-order valence-corrected chi connectivity index (χ1v) is 5.05. The SMILES string of the molecule is O=C(O)C1CC(O)CN1C(=O)COCC(F)(F)F. The highest BCUT2D eigenvalue weighted by Crippen LogP contribution is 2.19. The van der Waals surface area contributed by atoms with Crippen molar-refractivity contribution in [3.05, 3.63) is 0 Å². The summed E-state index contributed by atoms with van der Waals surface area (Å²) in [5.74, 6) is -2.20. The van der Waals surface area contributed by atoms with Crippen LogP contribution in [0.1, 0.15) is 6.42 Å². The predicted octanol–water partition coefficient (Wildman–Crippen LogP) is -0.388. The van der Waals surface area contributed by atoms with Crippen molar-refractivity contribution in [1.82, 2.24) is 4.90 Å². The predicted molar refractivity (Wildman–Crippen MR) is 50.6 cm³/mol. The number of rotatable bonds is 4. The summed E-state index contributed by atoms with van der Waals surface area (Å²) in [6, 6.07) is -1.22. The summed E-state index contributed by atoms with van der Waals surface area (Å²) in [5, 5.41) is 18.0. The molecular formula is C9H12F3NO5. The zero-order valence-electron chi connectivity index (χ0n) is 9.18. The number of aliphatic carboxylic acids is 1. The standard InChI is InChI=1S/C9H12F3NO5/c10-9(11,12)4-18-3-7(15)13-2-5(14)1-6(13)8(16)17/h5-6,14H,1-4H2,(H,16,17). The van der Waals surface area contributed by atoms with Crippen molar-refractivity contribution in [3.63, 3.8) is 0 Å². The summed E-state index contributed by atoms with van der Waals surface area (Å²) in [6.07, 6.45) is -5.67. The fourth-order valence-corrected chi connectivity index (χ4v) is 1.66. The van der Waals surface area contributed by atoms with Crippen LogP contribution in [0.2, 0.25) is 0 Å². The van der Waals surface area contributed by atoms with Crippen LogP contribution in [-0.4, -0.2) is 65.1 Å². The van der Waals surface area contributed by atoms with Gasteiger partial charge in [-0.3, -0.25) is 4.79 Å². The van der Waals surface area contributed by atoms with Crippen LogP contribution in [0.25, 0.3) is 0 Å². The van der Waals surface area contributed by atoms with E-state index in [9.17, 15) is 27.9 Å². The summed E-state index contributed by atoms with van der Waals surface area (Å²) < 4.78 is 39.4. The quantitative estimate of drug-likeness (QED) is 0.727. The first-order valence-electron chi connectivity index (χ1n) is 5.05. The highest BCUT2D eigenvalue weighted by Gasteiger charge is 2.39. The Bertz CT molecular complexity index is 333. The lowest BCUT2D eigenvalue weighted by atomic mass is 10.2. The number of β-amino-alcohol motifs (C(OH)–C–C–N with tert-alkyl or cyclic N) is 1. The molecule has 0 saturated carbocycles. The monoisotopic (exact) mass is 271 g/mol. The van der Waals surface area contributed by atoms with E-state index >= 15 is 0 Å². The number of halogens is 3. The van der Waals surface area contributed by atoms with Gasteiger partial charge in [-0.1, -0.05) is 0 Å². The van der Waals surface area contributed by atoms with Gasteiger partial charge in [0.05, 0.1) is 6.10 Å². The van der Waals surface area contributed by atoms with Crippen LogP contribution in [0.15, 0.2) is 0 Å². The molecule has 0 spiro atoms. The van der Waals surface area contributed by atoms with Crippen LogP contribution in [-0.2, 0) is 14.3 Å². The van der Waals surface area contributed by atoms with Gasteiger partial charge < -0.3 is 19.8 Å². The molecule has 1 aliphatic heterocycles. The third kappa shape index (κ3) is 4.15. The molecule has 0 aromatic heterocycles. The maximum Gasteiger partial charge on any atom is 0.411 e. The van der Waals surface area contributed by atoms with Crippen molar-refractivity contribution in [3.8, 4) is 0 Å². The number of carbonyl (C=O) groups excluding carboxylic acids is 1. The number of aliphatic hydroxyl groups is 1. The van der Waals surface area contributed by atoms with Crippen LogP contribution in [0, 0.1) is 0 Å². The Balaban J connectivity index is 2.48. The molecule has 2 unspecified atom stereocenters. The van der Waals surface area contributed by atoms with E-state index in [-0.39, 0.29) is 13.0 Å². The molecule has 6 nitrogen and oxygen atoms in total. The van der Waals surface area contributed by atoms with Gasteiger partial charge in [-0.2, -0.15) is 13.2 Å². The molecule has 0 aromatic carbocycles. The molecule has 0 aromatic rings. The first kappa shape index (κ1) is 14.7. The average molecular weight is 271 g/mol. The number of nitrogens with zero attached hydrogens (tertiary/aromatic N) is 1. The van der Waals surface area contributed by atoms with E-state index in [1.54, 1.807) is 0 Å². The van der Waals surface area contributed by atoms with E-state index in [0.717, 1.165) is 4.90 Å². The second-order valence-electron chi connectivity index (χ2n) is 3.90. The number of aliphatic hydroxyl groups excluding tert-OH is 1. The molecule has 104 valence electrons. The van der Waals surface area contributed by atoms with Gasteiger partial charge in [0.25, 0.3) is 0 Å². The van der Waals surface area contributed by atoms with E-state index in [1.165, 1.54) is 0 Å². The molecule has 9 heteroatoms. The van der Waals surface area contributed by atoms with Crippen molar-refractivity contribution >= 4 is 11.9 Å². The van der Waals surface area contributed by atoms with Crippen molar-refractivity contribution in [2.45, 2.75) is 24.7 Å². The number of carbonyl (C=O) groups is 2. The Kier molecular flexibility index (Phi) is 4.52. The molecule has 1 fully saturated rings. The minimum Gasteiger partial charge on any atom is -0.480 e. The fourth-order valence-electron chi connectivity index (χ4n) is 1.66. The third-order valence-electron chi connectivity index (χ3n) is 2.38. The molecule has 2 N–H and O–H groups in total. The summed E-state index contributed by atoms with van der Waals surface area (Å²) in [7, 11) is 0. The minimum absolute atomic E-state index is 0.139. The van der Waals surface area contributed by atoms with Crippen molar-refractivity contribution in [2.24, 2.45) is 0 Å². The number of likely N-dealkylation sites (tertiary alicyclic amines) is 1. The van der Waals surface area contributed by atoms with Crippen molar-refractivity contribution in [1.29, 1.82) is 0 Å². The van der Waals surface area contributed by atoms with Gasteiger partial charge >= 0.3 is 12.1 Å². The molecule has 0 aliphatic carbocycles. The third-order valence-corrected chi connectivity index (χ3v) is 2.38. The number of carboxylic acids is 1. The highest BCUT2D eigenvalue weighted by molar-refractivity contribution is 5.85. The van der Waals surface area contributed by atoms with Gasteiger partial charge in [-0.25, -0.2) is 4.79 Å². The summed E-state index contributed by atoms with van der Waals surface area (Å²) in [4.78, 5) is 23.0. The fraction of sp³-hybridized carbons (Fsp3) is 0.778. The Labute approximate surface area is 99.9 Å². The second-order valence-corrected chi connectivity index (χ2v) is 3.90. The van der Waals surface area contributed by atoms with E-state index in [0.29, 0.717) is 0 Å². The molecule has 1 heterocycles. The van der Waals surface area contributed by atoms with Crippen molar-refractivity contribution in [2.75, 3.05) is 19.8 Å². The van der Waals surface area contributed by atoms with Crippen molar-refractivity contribution < 1.29 is 37.7 Å². The van der Waals surface area contributed by atoms with Gasteiger partial charge in [0.1, 0.15) is 19.3 Å². The number of ether oxygens (including phenoxy) is 1. The molecule has 1 aliphatic rings. The Hall–Kier alpha value is -1.35. The number of alkyl halides is 3. The molecule has 1 amide bonds. The highest BCUT2D eigenvalue weighted by atomic mass is 19.4. The maximum absolute atomic E-state index is 11.8. The lowest BCUT2D eigenvalue weighted by Gasteiger charge is -2.21. The second kappa shape index (κ2) is 5.53. The van der Waals surface area contributed by atoms with E-state index in [4.69, 9.17) is 5.11 Å². The van der Waals surface area contributed by atoms with Gasteiger partial charge in [0.2, 0.25) is 5.91 Å². The lowest BCUT2D eigenvalue weighted by molar-refractivity contribution is -0.178. The summed E-state index contributed by atoms with van der Waals surface area (Å²) in [6.45, 7) is -2.66. The number of amides is 1. The minimum atomic E-state index is -4.54. The van der Waals surface area contributed by atoms with Crippen LogP contribution < -0.4 is 0 Å². The van der Waals surface area contributed by atoms with E-state index in [1.807, 2.05) is 0 Å². The Morgan fingerprint density at radius 1 is 1.39 bits per heavy atom. The zero-order valence-corrected chi connectivity index (χ0v) is 9.18. The Morgan fingerprint density at radius 3 is 2.50 bits per heavy atom. The average Bonchev–Trinajstić information content (AvgIpc) is 2.58. The summed E-state index contributed by atoms with van der Waals surface area (Å²) in [5.41, 5.74) is 0. The molecular weight excluding hydrogens is 259 g/mol. The van der Waals surface area contributed by atoms with Crippen LogP contribution in [0.3, 0.4) is 0 Å². The van der Waals surface area contributed by atoms with Gasteiger partial charge in [0.15, 0.2) is 0 Å². The van der Waals surface area contributed by atoms with Crippen LogP contribution in [0.4, 0.5) is 13.2 Å². The summed E-state index contributed by atoms with van der Waals surface area (Å²) >= 11 is 0. The first-order chi connectivity index (χ1) is 8.20. The largest absolute Gasteiger partial charge is 0.480 e. The van der Waals surface area contributed by atoms with Crippen LogP contribution >= 0.6 is 0 Å². The number of hydrogen-bond acceptors (Lipinski definition) is 4. The van der Waals surface area contributed by atoms with Crippen LogP contribution in [0.5, 0.6) is 0 Å². The number of hydrogen-bond donors (Lipinski definition) is 2. The molecule has 0 bridgehead atoms. The smallest absolute Gasteiger partial charge is 0.411 e. The van der Waals surface area contributed by atoms with E-state index in [2.05, 4.69) is 4.74 Å². The van der Waals surface area contributed by atoms with Gasteiger partial charge in [-0.15, -0.1) is 0 Å². The Morgan fingerprint density at radius 2 is 2.00 bits per heavy atom. The molecule has 1 saturated heterocycles. The molecule has 2 atom stereocenters. The molecule has 18 heavy (non-hydrogen) atoms. The van der Waals surface area contributed by atoms with Gasteiger partial charge in [0, 0.05) is 13.0 Å². The molecule has 1 rings (SSSR count). The molecule has 0 radical (unpaired) electrons. The lowest BCUT2D eigenvalue weighted by Crippen LogP contribution is -2.42. The topological polar surface area (TPSA) is 87.1 Å². The normalized spacial score (nSPS) is 24.3.